The first-order valence-corrected chi connectivity index (χ1v) is 8.70. The number of amides is 1. The van der Waals surface area contributed by atoms with Crippen molar-refractivity contribution in [3.05, 3.63) is 40.5 Å². The van der Waals surface area contributed by atoms with Crippen LogP contribution in [0.4, 0.5) is 5.82 Å². The zero-order chi connectivity index (χ0) is 16.4. The highest BCUT2D eigenvalue weighted by Crippen LogP contribution is 2.27. The number of nitrogens with two attached hydrogens (primary N) is 1. The average Bonchev–Trinajstić information content (AvgIpc) is 3.05. The number of halogens is 1. The zero-order valence-electron chi connectivity index (χ0n) is 13.1. The third-order valence-corrected chi connectivity index (χ3v) is 4.81. The second-order valence-corrected chi connectivity index (χ2v) is 7.09. The van der Waals surface area contributed by atoms with Crippen LogP contribution >= 0.6 is 15.9 Å². The Morgan fingerprint density at radius 1 is 1.43 bits per heavy atom. The fourth-order valence-corrected chi connectivity index (χ4v) is 3.53. The molecule has 0 radical (unpaired) electrons. The van der Waals surface area contributed by atoms with Gasteiger partial charge in [0.25, 0.3) is 0 Å². The Kier molecular flexibility index (Phi) is 4.82. The Bertz CT molecular complexity index is 712. The quantitative estimate of drug-likeness (QED) is 0.858. The Morgan fingerprint density at radius 2 is 2.26 bits per heavy atom. The molecule has 0 saturated heterocycles. The molecule has 5 nitrogen and oxygen atoms in total. The van der Waals surface area contributed by atoms with Crippen LogP contribution in [0.3, 0.4) is 0 Å². The minimum Gasteiger partial charge on any atom is -0.327 e. The topological polar surface area (TPSA) is 72.9 Å². The summed E-state index contributed by atoms with van der Waals surface area (Å²) in [6.07, 6.45) is 3.66. The van der Waals surface area contributed by atoms with E-state index in [0.29, 0.717) is 18.2 Å². The van der Waals surface area contributed by atoms with E-state index in [1.807, 2.05) is 37.3 Å². The molecular weight excluding hydrogens is 356 g/mol. The van der Waals surface area contributed by atoms with Gasteiger partial charge in [-0.05, 0) is 43.9 Å². The van der Waals surface area contributed by atoms with Gasteiger partial charge in [-0.3, -0.25) is 4.79 Å². The number of benzene rings is 1. The average molecular weight is 377 g/mol. The van der Waals surface area contributed by atoms with Gasteiger partial charge in [0.1, 0.15) is 5.82 Å². The third kappa shape index (κ3) is 3.82. The SMILES string of the molecule is Cc1cc(NC(=O)C[C@@H]2CCC[C@H]2N)n(-c2cccc(Br)c2)n1. The van der Waals surface area contributed by atoms with Crippen molar-refractivity contribution in [2.45, 2.75) is 38.6 Å². The van der Waals surface area contributed by atoms with Crippen LogP contribution in [0.15, 0.2) is 34.8 Å². The number of nitrogens with one attached hydrogen (secondary N) is 1. The third-order valence-electron chi connectivity index (χ3n) is 4.32. The number of hydrogen-bond donors (Lipinski definition) is 2. The first kappa shape index (κ1) is 16.2. The minimum atomic E-state index is 0.00324. The smallest absolute Gasteiger partial charge is 0.225 e. The molecule has 0 aliphatic heterocycles. The monoisotopic (exact) mass is 376 g/mol. The molecule has 0 unspecified atom stereocenters. The van der Waals surface area contributed by atoms with E-state index in [0.717, 1.165) is 35.1 Å². The van der Waals surface area contributed by atoms with Gasteiger partial charge >= 0.3 is 0 Å². The molecule has 1 heterocycles. The van der Waals surface area contributed by atoms with Crippen molar-refractivity contribution in [3.63, 3.8) is 0 Å². The molecule has 122 valence electrons. The molecule has 2 atom stereocenters. The van der Waals surface area contributed by atoms with Crippen molar-refractivity contribution < 1.29 is 4.79 Å². The molecule has 2 aromatic rings. The van der Waals surface area contributed by atoms with Gasteiger partial charge in [0.15, 0.2) is 0 Å². The van der Waals surface area contributed by atoms with E-state index in [4.69, 9.17) is 5.73 Å². The van der Waals surface area contributed by atoms with E-state index < -0.39 is 0 Å². The van der Waals surface area contributed by atoms with Gasteiger partial charge in [-0.15, -0.1) is 0 Å². The van der Waals surface area contributed by atoms with Gasteiger partial charge in [-0.1, -0.05) is 28.4 Å². The second kappa shape index (κ2) is 6.84. The van der Waals surface area contributed by atoms with Gasteiger partial charge in [0, 0.05) is 23.0 Å². The highest BCUT2D eigenvalue weighted by atomic mass is 79.9. The van der Waals surface area contributed by atoms with Crippen molar-refractivity contribution in [2.75, 3.05) is 5.32 Å². The molecule has 3 rings (SSSR count). The number of nitrogens with zero attached hydrogens (tertiary/aromatic N) is 2. The summed E-state index contributed by atoms with van der Waals surface area (Å²) < 4.78 is 2.73. The molecule has 1 saturated carbocycles. The summed E-state index contributed by atoms with van der Waals surface area (Å²) in [5, 5.41) is 7.47. The van der Waals surface area contributed by atoms with Gasteiger partial charge in [-0.25, -0.2) is 4.68 Å². The molecule has 1 aromatic carbocycles. The molecule has 23 heavy (non-hydrogen) atoms. The summed E-state index contributed by atoms with van der Waals surface area (Å²) >= 11 is 3.46. The Labute approximate surface area is 144 Å². The molecule has 1 aliphatic carbocycles. The molecule has 1 fully saturated rings. The lowest BCUT2D eigenvalue weighted by Crippen LogP contribution is -2.28. The standard InChI is InChI=1S/C17H21BrN4O/c1-11-8-16(20-17(23)9-12-4-2-7-15(12)19)22(21-11)14-6-3-5-13(18)10-14/h3,5-6,8,10,12,15H,2,4,7,9,19H2,1H3,(H,20,23)/t12-,15+/m0/s1. The highest BCUT2D eigenvalue weighted by molar-refractivity contribution is 9.10. The first-order chi connectivity index (χ1) is 11.0. The number of aromatic nitrogens is 2. The van der Waals surface area contributed by atoms with E-state index in [1.165, 1.54) is 0 Å². The summed E-state index contributed by atoms with van der Waals surface area (Å²) in [5.41, 5.74) is 7.82. The first-order valence-electron chi connectivity index (χ1n) is 7.91. The minimum absolute atomic E-state index is 0.00324. The summed E-state index contributed by atoms with van der Waals surface area (Å²) in [4.78, 5) is 12.4. The largest absolute Gasteiger partial charge is 0.327 e. The molecule has 0 spiro atoms. The van der Waals surface area contributed by atoms with Gasteiger partial charge in [0.2, 0.25) is 5.91 Å². The molecular formula is C17H21BrN4O. The summed E-state index contributed by atoms with van der Waals surface area (Å²) in [7, 11) is 0. The summed E-state index contributed by atoms with van der Waals surface area (Å²) in [6, 6.07) is 9.86. The Hall–Kier alpha value is -1.66. The summed E-state index contributed by atoms with van der Waals surface area (Å²) in [6.45, 7) is 1.91. The molecule has 0 bridgehead atoms. The predicted molar refractivity (Wildman–Crippen MR) is 94.6 cm³/mol. The van der Waals surface area contributed by atoms with E-state index in [-0.39, 0.29) is 11.9 Å². The number of rotatable bonds is 4. The fraction of sp³-hybridized carbons (Fsp3) is 0.412. The Balaban J connectivity index is 1.76. The van der Waals surface area contributed by atoms with Crippen LogP contribution in [-0.2, 0) is 4.79 Å². The van der Waals surface area contributed by atoms with E-state index in [2.05, 4.69) is 26.3 Å². The maximum Gasteiger partial charge on any atom is 0.225 e. The number of carbonyl (C=O) groups excluding carboxylic acids is 1. The van der Waals surface area contributed by atoms with Gasteiger partial charge in [-0.2, -0.15) is 5.10 Å². The van der Waals surface area contributed by atoms with Crippen molar-refractivity contribution in [1.29, 1.82) is 0 Å². The van der Waals surface area contributed by atoms with E-state index in [9.17, 15) is 4.79 Å². The van der Waals surface area contributed by atoms with E-state index in [1.54, 1.807) is 4.68 Å². The van der Waals surface area contributed by atoms with Crippen molar-refractivity contribution in [1.82, 2.24) is 9.78 Å². The fourth-order valence-electron chi connectivity index (χ4n) is 3.14. The highest BCUT2D eigenvalue weighted by Gasteiger charge is 2.26. The molecule has 1 aromatic heterocycles. The normalized spacial score (nSPS) is 20.7. The summed E-state index contributed by atoms with van der Waals surface area (Å²) in [5.74, 6) is 0.985. The predicted octanol–water partition coefficient (Wildman–Crippen LogP) is 3.40. The van der Waals surface area contributed by atoms with Gasteiger partial charge in [0.05, 0.1) is 11.4 Å². The maximum absolute atomic E-state index is 12.4. The van der Waals surface area contributed by atoms with Crippen molar-refractivity contribution in [3.8, 4) is 5.69 Å². The van der Waals surface area contributed by atoms with Crippen molar-refractivity contribution in [2.24, 2.45) is 11.7 Å². The molecule has 6 heteroatoms. The maximum atomic E-state index is 12.4. The lowest BCUT2D eigenvalue weighted by atomic mass is 10.00. The number of carbonyl (C=O) groups is 1. The van der Waals surface area contributed by atoms with Crippen molar-refractivity contribution >= 4 is 27.7 Å². The Morgan fingerprint density at radius 3 is 2.96 bits per heavy atom. The number of aryl methyl sites for hydroxylation is 1. The second-order valence-electron chi connectivity index (χ2n) is 6.17. The van der Waals surface area contributed by atoms with Crippen LogP contribution in [0.2, 0.25) is 0 Å². The lowest BCUT2D eigenvalue weighted by molar-refractivity contribution is -0.117. The van der Waals surface area contributed by atoms with Crippen LogP contribution in [-0.4, -0.2) is 21.7 Å². The van der Waals surface area contributed by atoms with Crippen LogP contribution in [0.25, 0.3) is 5.69 Å². The van der Waals surface area contributed by atoms with Crippen LogP contribution < -0.4 is 11.1 Å². The van der Waals surface area contributed by atoms with Crippen LogP contribution in [0.1, 0.15) is 31.4 Å². The zero-order valence-corrected chi connectivity index (χ0v) is 14.7. The van der Waals surface area contributed by atoms with Gasteiger partial charge < -0.3 is 11.1 Å². The molecule has 1 aliphatic rings. The molecule has 3 N–H and O–H groups in total. The number of anilines is 1. The molecule has 1 amide bonds. The van der Waals surface area contributed by atoms with Crippen LogP contribution in [0.5, 0.6) is 0 Å². The number of hydrogen-bond acceptors (Lipinski definition) is 3. The lowest BCUT2D eigenvalue weighted by Gasteiger charge is -2.15. The van der Waals surface area contributed by atoms with E-state index >= 15 is 0 Å². The van der Waals surface area contributed by atoms with Crippen LogP contribution in [0, 0.1) is 12.8 Å².